The van der Waals surface area contributed by atoms with Gasteiger partial charge in [0, 0.05) is 23.8 Å². The van der Waals surface area contributed by atoms with Gasteiger partial charge in [0.25, 0.3) is 0 Å². The van der Waals surface area contributed by atoms with Crippen molar-refractivity contribution in [1.82, 2.24) is 4.31 Å². The molecule has 1 aliphatic rings. The van der Waals surface area contributed by atoms with Gasteiger partial charge in [-0.2, -0.15) is 4.31 Å². The van der Waals surface area contributed by atoms with Gasteiger partial charge in [-0.25, -0.2) is 8.42 Å². The molecule has 5 nitrogen and oxygen atoms in total. The van der Waals surface area contributed by atoms with Crippen LogP contribution in [-0.4, -0.2) is 31.7 Å². The van der Waals surface area contributed by atoms with Crippen molar-refractivity contribution >= 4 is 33.2 Å². The first-order valence-corrected chi connectivity index (χ1v) is 11.8. The Bertz CT molecular complexity index is 943. The molecule has 0 aromatic heterocycles. The minimum Gasteiger partial charge on any atom is -0.326 e. The van der Waals surface area contributed by atoms with Gasteiger partial charge < -0.3 is 5.32 Å². The second-order valence-electron chi connectivity index (χ2n) is 7.58. The van der Waals surface area contributed by atoms with Crippen molar-refractivity contribution in [2.75, 3.05) is 18.4 Å². The Labute approximate surface area is 178 Å². The van der Waals surface area contributed by atoms with E-state index in [0.717, 1.165) is 12.1 Å². The summed E-state index contributed by atoms with van der Waals surface area (Å²) < 4.78 is 27.2. The maximum atomic E-state index is 12.9. The second-order valence-corrected chi connectivity index (χ2v) is 9.95. The van der Waals surface area contributed by atoms with Crippen LogP contribution in [0.15, 0.2) is 53.4 Å². The van der Waals surface area contributed by atoms with Crippen molar-refractivity contribution in [1.29, 1.82) is 0 Å². The highest BCUT2D eigenvalue weighted by Gasteiger charge is 2.33. The molecule has 1 saturated heterocycles. The fourth-order valence-corrected chi connectivity index (χ4v) is 5.16. The average Bonchev–Trinajstić information content (AvgIpc) is 2.74. The monoisotopic (exact) mass is 434 g/mol. The lowest BCUT2D eigenvalue weighted by atomic mass is 9.97. The van der Waals surface area contributed by atoms with Crippen molar-refractivity contribution in [2.45, 2.75) is 43.9 Å². The smallest absolute Gasteiger partial charge is 0.243 e. The van der Waals surface area contributed by atoms with Gasteiger partial charge in [0.15, 0.2) is 0 Å². The maximum absolute atomic E-state index is 12.9. The highest BCUT2D eigenvalue weighted by atomic mass is 35.5. The number of nitrogens with zero attached hydrogens (tertiary/aromatic N) is 1. The van der Waals surface area contributed by atoms with Crippen LogP contribution < -0.4 is 5.32 Å². The molecule has 2 atom stereocenters. The number of piperidine rings is 1. The number of anilines is 1. The minimum absolute atomic E-state index is 0.141. The Morgan fingerprint density at radius 1 is 1.17 bits per heavy atom. The number of benzene rings is 2. The Kier molecular flexibility index (Phi) is 6.98. The third-order valence-corrected chi connectivity index (χ3v) is 7.70. The van der Waals surface area contributed by atoms with Crippen LogP contribution in [0.3, 0.4) is 0 Å². The lowest BCUT2D eigenvalue weighted by molar-refractivity contribution is -0.120. The molecule has 1 fully saturated rings. The molecule has 156 valence electrons. The van der Waals surface area contributed by atoms with E-state index in [9.17, 15) is 13.2 Å². The van der Waals surface area contributed by atoms with Gasteiger partial charge in [0.1, 0.15) is 0 Å². The van der Waals surface area contributed by atoms with Gasteiger partial charge in [-0.1, -0.05) is 37.6 Å². The summed E-state index contributed by atoms with van der Waals surface area (Å²) in [7, 11) is -3.64. The van der Waals surface area contributed by atoms with Crippen molar-refractivity contribution in [3.63, 3.8) is 0 Å². The quantitative estimate of drug-likeness (QED) is 0.703. The molecule has 1 aliphatic heterocycles. The van der Waals surface area contributed by atoms with Crippen LogP contribution in [0, 0.1) is 5.92 Å². The Morgan fingerprint density at radius 2 is 1.83 bits per heavy atom. The number of carbonyl (C=O) groups excluding carboxylic acids is 1. The number of halogens is 1. The predicted molar refractivity (Wildman–Crippen MR) is 117 cm³/mol. The van der Waals surface area contributed by atoms with E-state index in [0.29, 0.717) is 30.3 Å². The molecule has 0 aliphatic carbocycles. The van der Waals surface area contributed by atoms with Gasteiger partial charge in [-0.3, -0.25) is 4.79 Å². The molecule has 0 spiro atoms. The molecule has 7 heteroatoms. The summed E-state index contributed by atoms with van der Waals surface area (Å²) in [5, 5.41) is 3.42. The van der Waals surface area contributed by atoms with Crippen molar-refractivity contribution < 1.29 is 13.2 Å². The number of hydrogen-bond acceptors (Lipinski definition) is 3. The normalized spacial score (nSPS) is 18.9. The summed E-state index contributed by atoms with van der Waals surface area (Å²) in [6.45, 7) is 4.92. The molecule has 3 rings (SSSR count). The molecule has 2 aromatic carbocycles. The van der Waals surface area contributed by atoms with Crippen LogP contribution in [0.5, 0.6) is 0 Å². The van der Waals surface area contributed by atoms with Gasteiger partial charge in [-0.15, -0.1) is 0 Å². The van der Waals surface area contributed by atoms with Gasteiger partial charge in [0.2, 0.25) is 15.9 Å². The van der Waals surface area contributed by atoms with Crippen LogP contribution in [0.2, 0.25) is 5.02 Å². The zero-order valence-corrected chi connectivity index (χ0v) is 18.3. The van der Waals surface area contributed by atoms with Crippen LogP contribution >= 0.6 is 11.6 Å². The van der Waals surface area contributed by atoms with E-state index in [1.807, 2.05) is 24.3 Å². The zero-order valence-electron chi connectivity index (χ0n) is 16.8. The van der Waals surface area contributed by atoms with E-state index in [1.54, 1.807) is 12.1 Å². The van der Waals surface area contributed by atoms with E-state index < -0.39 is 10.0 Å². The minimum atomic E-state index is -3.64. The number of nitrogens with one attached hydrogen (secondary N) is 1. The Hall–Kier alpha value is -1.89. The van der Waals surface area contributed by atoms with E-state index in [2.05, 4.69) is 19.2 Å². The van der Waals surface area contributed by atoms with Crippen LogP contribution in [0.1, 0.15) is 44.6 Å². The second kappa shape index (κ2) is 9.28. The lowest BCUT2D eigenvalue weighted by Crippen LogP contribution is -2.43. The first-order chi connectivity index (χ1) is 13.8. The maximum Gasteiger partial charge on any atom is 0.243 e. The molecule has 1 N–H and O–H groups in total. The van der Waals surface area contributed by atoms with Crippen molar-refractivity contribution in [3.8, 4) is 0 Å². The molecular formula is C22H27ClN2O3S. The average molecular weight is 435 g/mol. The fourth-order valence-electron chi connectivity index (χ4n) is 3.51. The van der Waals surface area contributed by atoms with Gasteiger partial charge in [-0.05, 0) is 67.1 Å². The largest absolute Gasteiger partial charge is 0.326 e. The third kappa shape index (κ3) is 5.18. The summed E-state index contributed by atoms with van der Waals surface area (Å²) in [5.41, 5.74) is 1.98. The van der Waals surface area contributed by atoms with Crippen molar-refractivity contribution in [3.05, 3.63) is 59.1 Å². The van der Waals surface area contributed by atoms with E-state index in [1.165, 1.54) is 22.0 Å². The molecular weight excluding hydrogens is 408 g/mol. The number of rotatable bonds is 6. The molecule has 0 bridgehead atoms. The molecule has 0 saturated carbocycles. The SMILES string of the molecule is CC[C@@H](C)c1ccc(NC(=O)[C@H]2CCCN(S(=O)(=O)c3ccc(Cl)cc3)C2)cc1. The molecule has 1 amide bonds. The Morgan fingerprint density at radius 3 is 2.45 bits per heavy atom. The van der Waals surface area contributed by atoms with E-state index >= 15 is 0 Å². The first-order valence-electron chi connectivity index (χ1n) is 9.97. The zero-order chi connectivity index (χ0) is 21.0. The number of hydrogen-bond donors (Lipinski definition) is 1. The molecule has 1 heterocycles. The number of amides is 1. The van der Waals surface area contributed by atoms with E-state index in [4.69, 9.17) is 11.6 Å². The van der Waals surface area contributed by atoms with Crippen LogP contribution in [0.25, 0.3) is 0 Å². The Balaban J connectivity index is 1.67. The number of sulfonamides is 1. The standard InChI is InChI=1S/C22H27ClN2O3S/c1-3-16(2)17-6-10-20(11-7-17)24-22(26)18-5-4-14-25(15-18)29(27,28)21-12-8-19(23)9-13-21/h6-13,16,18H,3-5,14-15H2,1-2H3,(H,24,26)/t16-,18+/m1/s1. The lowest BCUT2D eigenvalue weighted by Gasteiger charge is -2.31. The summed E-state index contributed by atoms with van der Waals surface area (Å²) in [5.74, 6) is -0.0397. The van der Waals surface area contributed by atoms with Gasteiger partial charge in [0.05, 0.1) is 10.8 Å². The summed E-state index contributed by atoms with van der Waals surface area (Å²) in [4.78, 5) is 12.9. The fraction of sp³-hybridized carbons (Fsp3) is 0.409. The third-order valence-electron chi connectivity index (χ3n) is 5.57. The van der Waals surface area contributed by atoms with Crippen LogP contribution in [-0.2, 0) is 14.8 Å². The summed E-state index contributed by atoms with van der Waals surface area (Å²) >= 11 is 5.86. The first kappa shape index (κ1) is 21.8. The van der Waals surface area contributed by atoms with Crippen molar-refractivity contribution in [2.24, 2.45) is 5.92 Å². The molecule has 29 heavy (non-hydrogen) atoms. The summed E-state index contributed by atoms with van der Waals surface area (Å²) in [6.07, 6.45) is 2.38. The van der Waals surface area contributed by atoms with Gasteiger partial charge >= 0.3 is 0 Å². The highest BCUT2D eigenvalue weighted by Crippen LogP contribution is 2.26. The topological polar surface area (TPSA) is 66.5 Å². The number of carbonyl (C=O) groups is 1. The molecule has 2 aromatic rings. The van der Waals surface area contributed by atoms with Crippen LogP contribution in [0.4, 0.5) is 5.69 Å². The highest BCUT2D eigenvalue weighted by molar-refractivity contribution is 7.89. The molecule has 0 unspecified atom stereocenters. The van der Waals surface area contributed by atoms with E-state index in [-0.39, 0.29) is 23.3 Å². The molecule has 0 radical (unpaired) electrons. The summed E-state index contributed by atoms with van der Waals surface area (Å²) in [6, 6.07) is 14.0. The predicted octanol–water partition coefficient (Wildman–Crippen LogP) is 4.89.